The molecule has 2 aromatic heterocycles. The van der Waals surface area contributed by atoms with Crippen molar-refractivity contribution in [2.24, 2.45) is 16.5 Å². The first-order valence-corrected chi connectivity index (χ1v) is 7.11. The average molecular weight is 296 g/mol. The van der Waals surface area contributed by atoms with Crippen LogP contribution in [0.1, 0.15) is 11.4 Å². The van der Waals surface area contributed by atoms with Crippen molar-refractivity contribution in [2.45, 2.75) is 12.7 Å². The van der Waals surface area contributed by atoms with E-state index < -0.39 is 0 Å². The molecule has 0 radical (unpaired) electrons. The van der Waals surface area contributed by atoms with E-state index in [0.717, 1.165) is 17.5 Å². The number of nitrogens with one attached hydrogen (secondary N) is 1. The summed E-state index contributed by atoms with van der Waals surface area (Å²) in [6.45, 7) is 1.86. The first-order valence-electron chi connectivity index (χ1n) is 5.25. The minimum absolute atomic E-state index is 0.00985. The standard InChI is InChI=1S/C10H12N6OS2/c1-5-3-19-10-14-6(2-7(17)16(5)10)4-18-9(13)15-8(11)12/h2-3H,4H2,1H3,(H5,11,12,13,15). The number of aryl methyl sites for hydroxylation is 1. The Morgan fingerprint density at radius 1 is 1.63 bits per heavy atom. The van der Waals surface area contributed by atoms with E-state index in [9.17, 15) is 4.79 Å². The van der Waals surface area contributed by atoms with E-state index in [4.69, 9.17) is 16.9 Å². The molecule has 2 aromatic rings. The van der Waals surface area contributed by atoms with Gasteiger partial charge in [0.1, 0.15) is 0 Å². The molecule has 0 bridgehead atoms. The number of guanidine groups is 1. The van der Waals surface area contributed by atoms with Crippen molar-refractivity contribution in [3.05, 3.63) is 33.2 Å². The molecule has 7 nitrogen and oxygen atoms in total. The summed E-state index contributed by atoms with van der Waals surface area (Å²) in [5.41, 5.74) is 11.7. The number of aromatic nitrogens is 2. The van der Waals surface area contributed by atoms with Gasteiger partial charge in [0.2, 0.25) is 0 Å². The Morgan fingerprint density at radius 3 is 3.05 bits per heavy atom. The van der Waals surface area contributed by atoms with Gasteiger partial charge in [-0.25, -0.2) is 4.98 Å². The summed E-state index contributed by atoms with van der Waals surface area (Å²) < 4.78 is 1.56. The fourth-order valence-corrected chi connectivity index (χ4v) is 2.96. The maximum atomic E-state index is 11.9. The molecule has 0 saturated heterocycles. The van der Waals surface area contributed by atoms with Gasteiger partial charge in [0.25, 0.3) is 5.56 Å². The van der Waals surface area contributed by atoms with Crippen LogP contribution < -0.4 is 17.0 Å². The van der Waals surface area contributed by atoms with E-state index in [1.165, 1.54) is 17.4 Å². The second-order valence-corrected chi connectivity index (χ2v) is 5.51. The average Bonchev–Trinajstić information content (AvgIpc) is 2.68. The Balaban J connectivity index is 2.21. The van der Waals surface area contributed by atoms with E-state index >= 15 is 0 Å². The van der Waals surface area contributed by atoms with Gasteiger partial charge in [-0.3, -0.25) is 14.6 Å². The van der Waals surface area contributed by atoms with Crippen LogP contribution in [0, 0.1) is 12.3 Å². The fraction of sp³-hybridized carbons (Fsp3) is 0.200. The smallest absolute Gasteiger partial charge is 0.258 e. The highest BCUT2D eigenvalue weighted by Gasteiger charge is 2.07. The van der Waals surface area contributed by atoms with Crippen molar-refractivity contribution < 1.29 is 0 Å². The van der Waals surface area contributed by atoms with E-state index in [2.05, 4.69) is 9.98 Å². The van der Waals surface area contributed by atoms with Gasteiger partial charge >= 0.3 is 0 Å². The van der Waals surface area contributed by atoms with Crippen molar-refractivity contribution in [2.75, 3.05) is 0 Å². The quantitative estimate of drug-likeness (QED) is 0.550. The molecule has 5 N–H and O–H groups in total. The maximum absolute atomic E-state index is 11.9. The Labute approximate surface area is 116 Å². The number of hydrogen-bond donors (Lipinski definition) is 3. The van der Waals surface area contributed by atoms with Crippen molar-refractivity contribution in [1.29, 1.82) is 5.41 Å². The third-order valence-electron chi connectivity index (χ3n) is 2.22. The highest BCUT2D eigenvalue weighted by molar-refractivity contribution is 8.13. The Morgan fingerprint density at radius 2 is 2.37 bits per heavy atom. The lowest BCUT2D eigenvalue weighted by Crippen LogP contribution is -2.23. The first kappa shape index (κ1) is 13.6. The zero-order valence-electron chi connectivity index (χ0n) is 10.1. The number of nitrogens with two attached hydrogens (primary N) is 2. The van der Waals surface area contributed by atoms with Crippen LogP contribution in [0.3, 0.4) is 0 Å². The largest absolute Gasteiger partial charge is 0.370 e. The molecule has 9 heteroatoms. The van der Waals surface area contributed by atoms with Crippen molar-refractivity contribution in [3.63, 3.8) is 0 Å². The Kier molecular flexibility index (Phi) is 3.86. The van der Waals surface area contributed by atoms with Crippen LogP contribution >= 0.6 is 23.1 Å². The first-order chi connectivity index (χ1) is 8.97. The SMILES string of the molecule is Cc1csc2nc(CSC(=N)N=C(N)N)cc(=O)n12. The summed E-state index contributed by atoms with van der Waals surface area (Å²) in [5, 5.41) is 9.36. The molecule has 0 aliphatic heterocycles. The monoisotopic (exact) mass is 296 g/mol. The number of fused-ring (bicyclic) bond motifs is 1. The third-order valence-corrected chi connectivity index (χ3v) is 3.96. The summed E-state index contributed by atoms with van der Waals surface area (Å²) in [6.07, 6.45) is 0. The lowest BCUT2D eigenvalue weighted by molar-refractivity contribution is 0.998. The van der Waals surface area contributed by atoms with Crippen LogP contribution in [-0.2, 0) is 5.75 Å². The van der Waals surface area contributed by atoms with Gasteiger partial charge < -0.3 is 11.5 Å². The number of amidine groups is 1. The molecule has 0 unspecified atom stereocenters. The molecule has 2 rings (SSSR count). The molecule has 0 aromatic carbocycles. The number of thioether (sulfide) groups is 1. The Hall–Kier alpha value is -1.87. The van der Waals surface area contributed by atoms with Gasteiger partial charge in [-0.05, 0) is 6.92 Å². The second kappa shape index (κ2) is 5.41. The van der Waals surface area contributed by atoms with Crippen molar-refractivity contribution in [3.8, 4) is 0 Å². The second-order valence-electron chi connectivity index (χ2n) is 3.71. The molecule has 0 aliphatic carbocycles. The topological polar surface area (TPSA) is 123 Å². The highest BCUT2D eigenvalue weighted by atomic mass is 32.2. The predicted octanol–water partition coefficient (Wildman–Crippen LogP) is 0.506. The van der Waals surface area contributed by atoms with Crippen molar-refractivity contribution in [1.82, 2.24) is 9.38 Å². The zero-order chi connectivity index (χ0) is 14.0. The number of thiazole rings is 1. The molecule has 0 amide bonds. The van der Waals surface area contributed by atoms with Crippen LogP contribution in [0.4, 0.5) is 0 Å². The summed E-state index contributed by atoms with van der Waals surface area (Å²) in [4.78, 5) is 20.5. The number of hydrogen-bond acceptors (Lipinski definition) is 5. The minimum atomic E-state index is -0.158. The predicted molar refractivity (Wildman–Crippen MR) is 78.9 cm³/mol. The van der Waals surface area contributed by atoms with Gasteiger partial charge in [0.05, 0.1) is 5.69 Å². The normalized spacial score (nSPS) is 10.6. The van der Waals surface area contributed by atoms with Crippen LogP contribution in [0.25, 0.3) is 4.96 Å². The van der Waals surface area contributed by atoms with Crippen molar-refractivity contribution >= 4 is 39.2 Å². The molecule has 0 spiro atoms. The van der Waals surface area contributed by atoms with E-state index in [0.29, 0.717) is 16.4 Å². The van der Waals surface area contributed by atoms with Crippen LogP contribution in [0.2, 0.25) is 0 Å². The van der Waals surface area contributed by atoms with Gasteiger partial charge in [-0.2, -0.15) is 4.99 Å². The summed E-state index contributed by atoms with van der Waals surface area (Å²) in [5.74, 6) is 0.216. The minimum Gasteiger partial charge on any atom is -0.370 e. The fourth-order valence-electron chi connectivity index (χ4n) is 1.47. The molecule has 0 saturated carbocycles. The van der Waals surface area contributed by atoms with Gasteiger partial charge in [0, 0.05) is 22.9 Å². The number of aliphatic imine (C=N–C) groups is 1. The van der Waals surface area contributed by atoms with Gasteiger partial charge in [-0.1, -0.05) is 11.8 Å². The Bertz CT molecular complexity index is 712. The third kappa shape index (κ3) is 3.12. The van der Waals surface area contributed by atoms with Crippen LogP contribution in [0.5, 0.6) is 0 Å². The summed E-state index contributed by atoms with van der Waals surface area (Å²) >= 11 is 2.52. The molecular formula is C10H12N6OS2. The van der Waals surface area contributed by atoms with E-state index in [-0.39, 0.29) is 16.7 Å². The lowest BCUT2D eigenvalue weighted by atomic mass is 10.4. The molecule has 2 heterocycles. The number of nitrogens with zero attached hydrogens (tertiary/aromatic N) is 3. The lowest BCUT2D eigenvalue weighted by Gasteiger charge is -2.01. The highest BCUT2D eigenvalue weighted by Crippen LogP contribution is 2.15. The molecule has 0 fully saturated rings. The molecule has 0 atom stereocenters. The van der Waals surface area contributed by atoms with Gasteiger partial charge in [0.15, 0.2) is 16.1 Å². The molecule has 19 heavy (non-hydrogen) atoms. The molecule has 0 aliphatic rings. The van der Waals surface area contributed by atoms with Gasteiger partial charge in [-0.15, -0.1) is 11.3 Å². The molecule has 100 valence electrons. The van der Waals surface area contributed by atoms with Crippen LogP contribution in [-0.4, -0.2) is 20.5 Å². The zero-order valence-corrected chi connectivity index (χ0v) is 11.7. The number of rotatable bonds is 2. The maximum Gasteiger partial charge on any atom is 0.258 e. The summed E-state index contributed by atoms with van der Waals surface area (Å²) in [6, 6.07) is 1.46. The van der Waals surface area contributed by atoms with E-state index in [1.807, 2.05) is 12.3 Å². The van der Waals surface area contributed by atoms with E-state index in [1.54, 1.807) is 4.40 Å². The van der Waals surface area contributed by atoms with Crippen LogP contribution in [0.15, 0.2) is 21.2 Å². The molecular weight excluding hydrogens is 284 g/mol. The summed E-state index contributed by atoms with van der Waals surface area (Å²) in [7, 11) is 0.